The smallest absolute Gasteiger partial charge is 0.256 e. The molecule has 0 aliphatic carbocycles. The topological polar surface area (TPSA) is 119 Å². The molecule has 1 aromatic heterocycles. The Bertz CT molecular complexity index is 1490. The van der Waals surface area contributed by atoms with Gasteiger partial charge in [-0.1, -0.05) is 18.6 Å². The lowest BCUT2D eigenvalue weighted by Gasteiger charge is -2.26. The highest BCUT2D eigenvalue weighted by atomic mass is 16.5. The van der Waals surface area contributed by atoms with E-state index in [0.717, 1.165) is 29.7 Å². The van der Waals surface area contributed by atoms with Gasteiger partial charge >= 0.3 is 0 Å². The summed E-state index contributed by atoms with van der Waals surface area (Å²) in [7, 11) is 3.18. The van der Waals surface area contributed by atoms with Crippen LogP contribution < -0.4 is 25.0 Å². The van der Waals surface area contributed by atoms with Crippen LogP contribution in [-0.2, 0) is 12.8 Å². The first-order valence-corrected chi connectivity index (χ1v) is 13.5. The van der Waals surface area contributed by atoms with E-state index in [1.165, 1.54) is 12.1 Å². The Kier molecular flexibility index (Phi) is 8.40. The van der Waals surface area contributed by atoms with Crippen molar-refractivity contribution < 1.29 is 24.1 Å². The molecule has 4 bridgehead atoms. The second-order valence-electron chi connectivity index (χ2n) is 10.1. The van der Waals surface area contributed by atoms with Crippen molar-refractivity contribution in [2.75, 3.05) is 20.8 Å². The van der Waals surface area contributed by atoms with Crippen molar-refractivity contribution >= 4 is 17.4 Å². The van der Waals surface area contributed by atoms with Crippen LogP contribution in [0.25, 0.3) is 0 Å². The van der Waals surface area contributed by atoms with Crippen LogP contribution in [0.15, 0.2) is 64.4 Å². The minimum absolute atomic E-state index is 0.0430. The zero-order chi connectivity index (χ0) is 28.1. The van der Waals surface area contributed by atoms with E-state index in [9.17, 15) is 14.7 Å². The minimum atomic E-state index is -0.555. The highest BCUT2D eigenvalue weighted by Gasteiger charge is 2.27. The molecule has 0 spiro atoms. The quantitative estimate of drug-likeness (QED) is 0.502. The number of aliphatic hydroxyl groups excluding tert-OH is 1. The van der Waals surface area contributed by atoms with Gasteiger partial charge in [0.1, 0.15) is 5.84 Å². The number of nitrogens with zero attached hydrogens (tertiary/aromatic N) is 2. The van der Waals surface area contributed by atoms with Gasteiger partial charge in [0.25, 0.3) is 5.91 Å². The van der Waals surface area contributed by atoms with Crippen LogP contribution in [0.5, 0.6) is 17.4 Å². The molecule has 2 N–H and O–H groups in total. The van der Waals surface area contributed by atoms with Gasteiger partial charge in [-0.3, -0.25) is 9.59 Å². The summed E-state index contributed by atoms with van der Waals surface area (Å²) in [5, 5.41) is 13.7. The fraction of sp³-hybridized carbons (Fsp3) is 0.355. The largest absolute Gasteiger partial charge is 0.493 e. The Balaban J connectivity index is 1.49. The molecule has 2 aromatic carbocycles. The summed E-state index contributed by atoms with van der Waals surface area (Å²) in [5.74, 6) is 1.81. The van der Waals surface area contributed by atoms with Crippen molar-refractivity contribution in [3.05, 3.63) is 87.2 Å². The van der Waals surface area contributed by atoms with Crippen LogP contribution in [0.1, 0.15) is 52.9 Å². The summed E-state index contributed by atoms with van der Waals surface area (Å²) in [6.07, 6.45) is 2.95. The average Bonchev–Trinajstić information content (AvgIpc) is 3.12. The van der Waals surface area contributed by atoms with Crippen molar-refractivity contribution in [2.45, 2.75) is 44.6 Å². The third-order valence-corrected chi connectivity index (χ3v) is 7.24. The summed E-state index contributed by atoms with van der Waals surface area (Å²) in [6.45, 7) is 0.280. The number of methoxy groups -OCH3 is 2. The number of aliphatic hydroxyl groups is 1. The Morgan fingerprint density at radius 2 is 1.80 bits per heavy atom. The summed E-state index contributed by atoms with van der Waals surface area (Å²) < 4.78 is 16.8. The molecule has 208 valence electrons. The van der Waals surface area contributed by atoms with Crippen molar-refractivity contribution in [1.82, 2.24) is 10.3 Å². The van der Waals surface area contributed by atoms with E-state index in [-0.39, 0.29) is 23.9 Å². The second kappa shape index (κ2) is 12.3. The predicted molar refractivity (Wildman–Crippen MR) is 151 cm³/mol. The second-order valence-corrected chi connectivity index (χ2v) is 10.1. The number of hydrogen-bond acceptors (Lipinski definition) is 8. The van der Waals surface area contributed by atoms with Gasteiger partial charge in [-0.05, 0) is 54.7 Å². The Morgan fingerprint density at radius 1 is 0.975 bits per heavy atom. The normalized spacial score (nSPS) is 19.4. The maximum atomic E-state index is 13.4. The molecule has 0 fully saturated rings. The first-order valence-electron chi connectivity index (χ1n) is 13.5. The molecule has 0 radical (unpaired) electrons. The molecule has 9 heteroatoms. The molecular weight excluding hydrogens is 510 g/mol. The van der Waals surface area contributed by atoms with Crippen molar-refractivity contribution in [2.24, 2.45) is 10.9 Å². The summed E-state index contributed by atoms with van der Waals surface area (Å²) in [5.41, 5.74) is 3.39. The number of hydrogen-bond donors (Lipinski definition) is 2. The molecule has 40 heavy (non-hydrogen) atoms. The number of aromatic nitrogens is 1. The van der Waals surface area contributed by atoms with Crippen molar-refractivity contribution in [3.8, 4) is 17.4 Å². The molecule has 0 saturated carbocycles. The number of aliphatic imine (C=N–C) groups is 1. The number of amides is 1. The summed E-state index contributed by atoms with van der Waals surface area (Å²) >= 11 is 0. The number of amidine groups is 1. The highest BCUT2D eigenvalue weighted by molar-refractivity contribution is 6.08. The van der Waals surface area contributed by atoms with E-state index < -0.39 is 6.10 Å². The van der Waals surface area contributed by atoms with Gasteiger partial charge in [-0.15, -0.1) is 0 Å². The van der Waals surface area contributed by atoms with Crippen molar-refractivity contribution in [3.63, 3.8) is 0 Å². The summed E-state index contributed by atoms with van der Waals surface area (Å²) in [4.78, 5) is 35.0. The predicted octanol–water partition coefficient (Wildman–Crippen LogP) is 4.00. The van der Waals surface area contributed by atoms with E-state index in [1.54, 1.807) is 32.4 Å². The zero-order valence-electron chi connectivity index (χ0n) is 22.7. The molecule has 9 nitrogen and oxygen atoms in total. The molecule has 3 heterocycles. The molecule has 2 aliphatic rings. The zero-order valence-corrected chi connectivity index (χ0v) is 22.7. The lowest BCUT2D eigenvalue weighted by molar-refractivity contribution is 0.0974. The molecule has 2 unspecified atom stereocenters. The van der Waals surface area contributed by atoms with Crippen LogP contribution in [0.3, 0.4) is 0 Å². The number of fused-ring (bicyclic) bond motifs is 6. The Hall–Kier alpha value is -4.24. The molecular formula is C31H33N3O6. The lowest BCUT2D eigenvalue weighted by atomic mass is 9.88. The molecule has 1 amide bonds. The van der Waals surface area contributed by atoms with Gasteiger partial charge in [0.05, 0.1) is 38.3 Å². The van der Waals surface area contributed by atoms with Crippen LogP contribution in [0.2, 0.25) is 0 Å². The van der Waals surface area contributed by atoms with Gasteiger partial charge in [0.2, 0.25) is 5.88 Å². The number of carbonyl (C=O) groups is 1. The van der Waals surface area contributed by atoms with E-state index in [1.807, 2.05) is 24.3 Å². The van der Waals surface area contributed by atoms with E-state index >= 15 is 0 Å². The average molecular weight is 544 g/mol. The van der Waals surface area contributed by atoms with Gasteiger partial charge in [0.15, 0.2) is 16.9 Å². The van der Waals surface area contributed by atoms with E-state index in [4.69, 9.17) is 19.2 Å². The number of rotatable bonds is 2. The van der Waals surface area contributed by atoms with Crippen LogP contribution in [0, 0.1) is 5.92 Å². The Morgan fingerprint density at radius 3 is 2.62 bits per heavy atom. The maximum absolute atomic E-state index is 13.4. The van der Waals surface area contributed by atoms with Crippen LogP contribution in [-0.4, -0.2) is 48.8 Å². The fourth-order valence-corrected chi connectivity index (χ4v) is 5.14. The van der Waals surface area contributed by atoms with Crippen molar-refractivity contribution in [1.29, 1.82) is 0 Å². The monoisotopic (exact) mass is 543 g/mol. The third kappa shape index (κ3) is 6.48. The van der Waals surface area contributed by atoms with E-state index in [0.29, 0.717) is 60.2 Å². The first-order chi connectivity index (χ1) is 19.4. The Labute approximate surface area is 232 Å². The number of nitrogens with one attached hydrogen (secondary N) is 1. The number of benzene rings is 2. The molecule has 2 atom stereocenters. The van der Waals surface area contributed by atoms with Crippen LogP contribution >= 0.6 is 0 Å². The molecule has 3 aromatic rings. The number of carbonyl (C=O) groups excluding carboxylic acids is 1. The standard InChI is InChI=1S/C31H33N3O6/c1-38-27-16-22-15-20-6-4-8-24(35)11-12-40-29-10-9-25(36)17-23(32-29)14-19-5-3-7-21(13-19)31(37)34-30(20)33-26(22)18-28(27)39-2/h3,5,7,9-10,13,16-18,20,24,35H,4,6,8,11-12,14-15H2,1-2H3,(H,33,34,37). The molecule has 5 rings (SSSR count). The van der Waals surface area contributed by atoms with Gasteiger partial charge in [-0.2, -0.15) is 0 Å². The van der Waals surface area contributed by atoms with Gasteiger partial charge < -0.3 is 24.6 Å². The minimum Gasteiger partial charge on any atom is -0.493 e. The van der Waals surface area contributed by atoms with Crippen LogP contribution in [0.4, 0.5) is 5.69 Å². The molecule has 2 aliphatic heterocycles. The maximum Gasteiger partial charge on any atom is 0.256 e. The lowest BCUT2D eigenvalue weighted by Crippen LogP contribution is -2.38. The summed E-state index contributed by atoms with van der Waals surface area (Å²) in [6, 6.07) is 15.5. The van der Waals surface area contributed by atoms with E-state index in [2.05, 4.69) is 10.3 Å². The fourth-order valence-electron chi connectivity index (χ4n) is 5.14. The third-order valence-electron chi connectivity index (χ3n) is 7.24. The first kappa shape index (κ1) is 27.3. The molecule has 0 saturated heterocycles. The van der Waals surface area contributed by atoms with Gasteiger partial charge in [-0.25, -0.2) is 9.98 Å². The number of ether oxygens (including phenoxy) is 3. The SMILES string of the molecule is COc1cc2c(cc1OC)N=C1NC(=O)c3cccc(c3)Cc3cc(=O)ccc(n3)OCCC(O)CCCC1C2. The highest BCUT2D eigenvalue weighted by Crippen LogP contribution is 2.39. The van der Waals surface area contributed by atoms with Gasteiger partial charge in [0, 0.05) is 42.5 Å².